The van der Waals surface area contributed by atoms with Crippen molar-refractivity contribution in [3.63, 3.8) is 0 Å². The summed E-state index contributed by atoms with van der Waals surface area (Å²) in [5, 5.41) is 1.11. The number of thioether (sulfide) groups is 1. The van der Waals surface area contributed by atoms with Crippen molar-refractivity contribution in [3.8, 4) is 5.69 Å². The van der Waals surface area contributed by atoms with E-state index in [9.17, 15) is 9.59 Å². The number of piperidine rings is 1. The van der Waals surface area contributed by atoms with E-state index >= 15 is 0 Å². The van der Waals surface area contributed by atoms with Gasteiger partial charge in [-0.25, -0.2) is 4.98 Å². The number of fused-ring (bicyclic) bond motifs is 3. The molecule has 168 valence electrons. The van der Waals surface area contributed by atoms with Crippen LogP contribution >= 0.6 is 23.1 Å². The lowest BCUT2D eigenvalue weighted by Gasteiger charge is -2.29. The minimum atomic E-state index is -0.289. The van der Waals surface area contributed by atoms with E-state index in [0.29, 0.717) is 5.16 Å². The molecule has 3 aromatic rings. The van der Waals surface area contributed by atoms with Gasteiger partial charge < -0.3 is 4.90 Å². The molecule has 1 unspecified atom stereocenters. The second-order valence-corrected chi connectivity index (χ2v) is 11.3. The van der Waals surface area contributed by atoms with Crippen LogP contribution in [0.15, 0.2) is 34.2 Å². The Kier molecular flexibility index (Phi) is 6.12. The lowest BCUT2D eigenvalue weighted by molar-refractivity contribution is -0.131. The average Bonchev–Trinajstić information content (AvgIpc) is 3.18. The number of nitrogens with zero attached hydrogens (tertiary/aromatic N) is 3. The van der Waals surface area contributed by atoms with E-state index in [-0.39, 0.29) is 16.7 Å². The molecule has 2 aliphatic rings. The zero-order valence-electron chi connectivity index (χ0n) is 18.7. The van der Waals surface area contributed by atoms with Crippen molar-refractivity contribution in [2.45, 2.75) is 69.2 Å². The third-order valence-corrected chi connectivity index (χ3v) is 8.74. The molecular formula is C25H29N3O2S2. The highest BCUT2D eigenvalue weighted by Crippen LogP contribution is 2.36. The summed E-state index contributed by atoms with van der Waals surface area (Å²) in [7, 11) is 0. The van der Waals surface area contributed by atoms with Crippen molar-refractivity contribution in [2.24, 2.45) is 0 Å². The number of carbonyl (C=O) groups is 1. The van der Waals surface area contributed by atoms with Gasteiger partial charge in [-0.3, -0.25) is 14.2 Å². The predicted octanol–water partition coefficient (Wildman–Crippen LogP) is 5.13. The molecule has 0 radical (unpaired) electrons. The van der Waals surface area contributed by atoms with Crippen LogP contribution in [0, 0.1) is 6.92 Å². The zero-order valence-corrected chi connectivity index (χ0v) is 20.4. The molecule has 0 spiro atoms. The molecule has 1 saturated heterocycles. The van der Waals surface area contributed by atoms with Gasteiger partial charge in [0.2, 0.25) is 5.91 Å². The number of hydrogen-bond acceptors (Lipinski definition) is 5. The number of thiophene rings is 1. The smallest absolute Gasteiger partial charge is 0.267 e. The van der Waals surface area contributed by atoms with Crippen molar-refractivity contribution in [2.75, 3.05) is 13.1 Å². The molecule has 5 nitrogen and oxygen atoms in total. The van der Waals surface area contributed by atoms with Crippen molar-refractivity contribution in [1.82, 2.24) is 14.5 Å². The Balaban J connectivity index is 1.61. The fourth-order valence-corrected chi connectivity index (χ4v) is 7.15. The van der Waals surface area contributed by atoms with Gasteiger partial charge in [-0.05, 0) is 82.1 Å². The summed E-state index contributed by atoms with van der Waals surface area (Å²) in [6, 6.07) is 7.99. The van der Waals surface area contributed by atoms with Gasteiger partial charge in [0, 0.05) is 18.0 Å². The predicted molar refractivity (Wildman–Crippen MR) is 132 cm³/mol. The van der Waals surface area contributed by atoms with Gasteiger partial charge in [0.1, 0.15) is 4.83 Å². The Morgan fingerprint density at radius 2 is 1.91 bits per heavy atom. The molecule has 1 amide bonds. The molecular weight excluding hydrogens is 438 g/mol. The van der Waals surface area contributed by atoms with Gasteiger partial charge in [0.15, 0.2) is 5.16 Å². The van der Waals surface area contributed by atoms with Crippen LogP contribution in [0.5, 0.6) is 0 Å². The van der Waals surface area contributed by atoms with E-state index in [4.69, 9.17) is 4.98 Å². The molecule has 5 rings (SSSR count). The second-order valence-electron chi connectivity index (χ2n) is 8.91. The zero-order chi connectivity index (χ0) is 22.2. The summed E-state index contributed by atoms with van der Waals surface area (Å²) in [6.45, 7) is 5.64. The summed E-state index contributed by atoms with van der Waals surface area (Å²) in [5.41, 5.74) is 3.11. The van der Waals surface area contributed by atoms with E-state index < -0.39 is 0 Å². The highest BCUT2D eigenvalue weighted by molar-refractivity contribution is 8.00. The topological polar surface area (TPSA) is 55.2 Å². The summed E-state index contributed by atoms with van der Waals surface area (Å²) < 4.78 is 1.74. The first-order chi connectivity index (χ1) is 15.5. The summed E-state index contributed by atoms with van der Waals surface area (Å²) in [4.78, 5) is 36.1. The Labute approximate surface area is 196 Å². The average molecular weight is 468 g/mol. The van der Waals surface area contributed by atoms with Crippen LogP contribution in [-0.2, 0) is 17.6 Å². The first-order valence-corrected chi connectivity index (χ1v) is 13.3. The molecule has 1 aliphatic carbocycles. The SMILES string of the molecule is Cc1cccc(-n2c(SC(C)C(=O)N3CCCCC3)nc3sc4c(c3c2=O)CCCC4)c1. The number of benzene rings is 1. The van der Waals surface area contributed by atoms with Gasteiger partial charge in [-0.2, -0.15) is 0 Å². The van der Waals surface area contributed by atoms with Crippen molar-refractivity contribution in [3.05, 3.63) is 50.6 Å². The second kappa shape index (κ2) is 9.02. The maximum atomic E-state index is 13.9. The molecule has 1 atom stereocenters. The normalized spacial score (nSPS) is 17.4. The van der Waals surface area contributed by atoms with Crippen LogP contribution in [0.2, 0.25) is 0 Å². The van der Waals surface area contributed by atoms with Gasteiger partial charge in [0.25, 0.3) is 5.56 Å². The van der Waals surface area contributed by atoms with Crippen LogP contribution in [0.4, 0.5) is 0 Å². The maximum absolute atomic E-state index is 13.9. The Morgan fingerprint density at radius 3 is 2.69 bits per heavy atom. The number of aromatic nitrogens is 2. The molecule has 0 N–H and O–H groups in total. The van der Waals surface area contributed by atoms with Crippen LogP contribution in [-0.4, -0.2) is 38.7 Å². The minimum Gasteiger partial charge on any atom is -0.342 e. The van der Waals surface area contributed by atoms with Gasteiger partial charge >= 0.3 is 0 Å². The third kappa shape index (κ3) is 4.01. The van der Waals surface area contributed by atoms with Gasteiger partial charge in [-0.15, -0.1) is 11.3 Å². The molecule has 32 heavy (non-hydrogen) atoms. The fraction of sp³-hybridized carbons (Fsp3) is 0.480. The quantitative estimate of drug-likeness (QED) is 0.394. The Hall–Kier alpha value is -2.12. The van der Waals surface area contributed by atoms with Crippen LogP contribution in [0.25, 0.3) is 15.9 Å². The molecule has 7 heteroatoms. The first-order valence-electron chi connectivity index (χ1n) is 11.6. The maximum Gasteiger partial charge on any atom is 0.267 e. The lowest BCUT2D eigenvalue weighted by Crippen LogP contribution is -2.40. The van der Waals surface area contributed by atoms with Gasteiger partial charge in [-0.1, -0.05) is 23.9 Å². The number of rotatable bonds is 4. The van der Waals surface area contributed by atoms with E-state index in [1.54, 1.807) is 15.9 Å². The van der Waals surface area contributed by atoms with E-state index in [1.165, 1.54) is 35.0 Å². The van der Waals surface area contributed by atoms with Crippen LogP contribution < -0.4 is 5.56 Å². The van der Waals surface area contributed by atoms with Crippen molar-refractivity contribution >= 4 is 39.2 Å². The standard InChI is InChI=1S/C25H29N3O2S2/c1-16-9-8-10-18(15-16)28-24(30)21-19-11-4-5-12-20(19)32-22(21)26-25(28)31-17(2)23(29)27-13-6-3-7-14-27/h8-10,15,17H,3-7,11-14H2,1-2H3. The fourth-order valence-electron chi connectivity index (χ4n) is 4.84. The van der Waals surface area contributed by atoms with E-state index in [2.05, 4.69) is 0 Å². The first kappa shape index (κ1) is 21.7. The largest absolute Gasteiger partial charge is 0.342 e. The Morgan fingerprint density at radius 1 is 1.12 bits per heavy atom. The highest BCUT2D eigenvalue weighted by Gasteiger charge is 2.27. The van der Waals surface area contributed by atoms with Crippen molar-refractivity contribution in [1.29, 1.82) is 0 Å². The summed E-state index contributed by atoms with van der Waals surface area (Å²) in [5.74, 6) is 0.144. The highest BCUT2D eigenvalue weighted by atomic mass is 32.2. The van der Waals surface area contributed by atoms with E-state index in [0.717, 1.165) is 66.7 Å². The van der Waals surface area contributed by atoms with Crippen molar-refractivity contribution < 1.29 is 4.79 Å². The molecule has 0 bridgehead atoms. The number of carbonyl (C=O) groups excluding carboxylic acids is 1. The number of amides is 1. The lowest BCUT2D eigenvalue weighted by atomic mass is 9.97. The molecule has 1 aromatic carbocycles. The van der Waals surface area contributed by atoms with E-state index in [1.807, 2.05) is 43.0 Å². The minimum absolute atomic E-state index is 0.000112. The third-order valence-electron chi connectivity index (χ3n) is 6.52. The number of hydrogen-bond donors (Lipinski definition) is 0. The molecule has 3 heterocycles. The summed E-state index contributed by atoms with van der Waals surface area (Å²) >= 11 is 3.08. The van der Waals surface area contributed by atoms with Crippen LogP contribution in [0.1, 0.15) is 55.0 Å². The molecule has 1 aliphatic heterocycles. The van der Waals surface area contributed by atoms with Gasteiger partial charge in [0.05, 0.1) is 16.3 Å². The van der Waals surface area contributed by atoms with Crippen LogP contribution in [0.3, 0.4) is 0 Å². The number of aryl methyl sites for hydroxylation is 3. The monoisotopic (exact) mass is 467 g/mol. The molecule has 1 fully saturated rings. The molecule has 2 aromatic heterocycles. The Bertz CT molecular complexity index is 1220. The number of likely N-dealkylation sites (tertiary alicyclic amines) is 1. The summed E-state index contributed by atoms with van der Waals surface area (Å²) in [6.07, 6.45) is 7.63. The molecule has 0 saturated carbocycles.